The van der Waals surface area contributed by atoms with Gasteiger partial charge in [-0.05, 0) is 31.2 Å². The molecule has 2 rings (SSSR count). The summed E-state index contributed by atoms with van der Waals surface area (Å²) in [4.78, 5) is 10.7. The Bertz CT molecular complexity index is 764. The first-order chi connectivity index (χ1) is 13.1. The van der Waals surface area contributed by atoms with Crippen molar-refractivity contribution in [1.82, 2.24) is 0 Å². The standard InChI is InChI=1S/C21H27N3O3/c1-16(22-2)15-23-17-6-8-18(9-7-17)24(10-11-25-3)19-12-20(26-4)14-21(13-19)27-5/h6-9,12-15H,10-11H2,1-5H3. The lowest BCUT2D eigenvalue weighted by Crippen LogP contribution is -2.22. The van der Waals surface area contributed by atoms with Crippen LogP contribution in [0.25, 0.3) is 0 Å². The normalized spacial score (nSPS) is 11.7. The molecule has 0 bridgehead atoms. The van der Waals surface area contributed by atoms with Crippen LogP contribution in [0.15, 0.2) is 52.4 Å². The summed E-state index contributed by atoms with van der Waals surface area (Å²) in [5.74, 6) is 1.48. The zero-order chi connectivity index (χ0) is 19.6. The molecule has 6 heteroatoms. The van der Waals surface area contributed by atoms with Crippen LogP contribution in [0, 0.1) is 0 Å². The molecule has 0 heterocycles. The predicted octanol–water partition coefficient (Wildman–Crippen LogP) is 4.28. The minimum atomic E-state index is 0.589. The van der Waals surface area contributed by atoms with Gasteiger partial charge in [-0.3, -0.25) is 9.98 Å². The van der Waals surface area contributed by atoms with E-state index in [4.69, 9.17) is 14.2 Å². The summed E-state index contributed by atoms with van der Waals surface area (Å²) in [6.07, 6.45) is 1.75. The summed E-state index contributed by atoms with van der Waals surface area (Å²) < 4.78 is 16.1. The molecule has 0 N–H and O–H groups in total. The van der Waals surface area contributed by atoms with Crippen LogP contribution < -0.4 is 14.4 Å². The Kier molecular flexibility index (Phi) is 7.82. The van der Waals surface area contributed by atoms with Crippen LogP contribution in [0.1, 0.15) is 6.92 Å². The Morgan fingerprint density at radius 2 is 1.59 bits per heavy atom. The fourth-order valence-electron chi connectivity index (χ4n) is 2.48. The SMILES string of the molecule is CN=C(C)C=Nc1ccc(N(CCOC)c2cc(OC)cc(OC)c2)cc1. The third-order valence-electron chi connectivity index (χ3n) is 4.08. The summed E-state index contributed by atoms with van der Waals surface area (Å²) in [5.41, 5.74) is 3.75. The van der Waals surface area contributed by atoms with Crippen molar-refractivity contribution in [2.24, 2.45) is 9.98 Å². The van der Waals surface area contributed by atoms with Gasteiger partial charge in [-0.15, -0.1) is 0 Å². The Morgan fingerprint density at radius 1 is 0.963 bits per heavy atom. The molecule has 0 unspecified atom stereocenters. The van der Waals surface area contributed by atoms with Crippen LogP contribution >= 0.6 is 0 Å². The summed E-state index contributed by atoms with van der Waals surface area (Å²) in [6, 6.07) is 13.8. The number of hydrogen-bond donors (Lipinski definition) is 0. The molecule has 0 spiro atoms. The molecule has 0 aliphatic rings. The number of nitrogens with zero attached hydrogens (tertiary/aromatic N) is 3. The average molecular weight is 369 g/mol. The Hall–Kier alpha value is -2.86. The van der Waals surface area contributed by atoms with Gasteiger partial charge in [0.15, 0.2) is 0 Å². The van der Waals surface area contributed by atoms with Gasteiger partial charge < -0.3 is 19.1 Å². The van der Waals surface area contributed by atoms with Crippen molar-refractivity contribution in [2.75, 3.05) is 46.4 Å². The van der Waals surface area contributed by atoms with E-state index < -0.39 is 0 Å². The van der Waals surface area contributed by atoms with E-state index in [-0.39, 0.29) is 0 Å². The van der Waals surface area contributed by atoms with Gasteiger partial charge in [0.1, 0.15) is 11.5 Å². The van der Waals surface area contributed by atoms with Gasteiger partial charge in [0.25, 0.3) is 0 Å². The lowest BCUT2D eigenvalue weighted by molar-refractivity contribution is 0.207. The molecule has 144 valence electrons. The first-order valence-corrected chi connectivity index (χ1v) is 8.68. The molecule has 0 fully saturated rings. The van der Waals surface area contributed by atoms with Crippen molar-refractivity contribution >= 4 is 29.0 Å². The minimum Gasteiger partial charge on any atom is -0.497 e. The van der Waals surface area contributed by atoms with Crippen molar-refractivity contribution < 1.29 is 14.2 Å². The van der Waals surface area contributed by atoms with Crippen molar-refractivity contribution in [3.63, 3.8) is 0 Å². The number of ether oxygens (including phenoxy) is 3. The van der Waals surface area contributed by atoms with Gasteiger partial charge >= 0.3 is 0 Å². The van der Waals surface area contributed by atoms with Crippen LogP contribution in [-0.4, -0.2) is 53.5 Å². The number of anilines is 2. The largest absolute Gasteiger partial charge is 0.497 e. The zero-order valence-electron chi connectivity index (χ0n) is 16.6. The summed E-state index contributed by atoms with van der Waals surface area (Å²) in [7, 11) is 6.74. The lowest BCUT2D eigenvalue weighted by Gasteiger charge is -2.25. The van der Waals surface area contributed by atoms with E-state index in [1.807, 2.05) is 49.4 Å². The van der Waals surface area contributed by atoms with Crippen molar-refractivity contribution in [3.8, 4) is 11.5 Å². The minimum absolute atomic E-state index is 0.589. The fraction of sp³-hybridized carbons (Fsp3) is 0.333. The maximum atomic E-state index is 5.40. The highest BCUT2D eigenvalue weighted by Crippen LogP contribution is 2.33. The van der Waals surface area contributed by atoms with Crippen LogP contribution in [0.5, 0.6) is 11.5 Å². The highest BCUT2D eigenvalue weighted by atomic mass is 16.5. The van der Waals surface area contributed by atoms with E-state index in [0.717, 1.165) is 34.3 Å². The van der Waals surface area contributed by atoms with Crippen molar-refractivity contribution in [3.05, 3.63) is 42.5 Å². The van der Waals surface area contributed by atoms with Gasteiger partial charge in [-0.2, -0.15) is 0 Å². The topological polar surface area (TPSA) is 55.7 Å². The predicted molar refractivity (Wildman–Crippen MR) is 112 cm³/mol. The maximum Gasteiger partial charge on any atom is 0.124 e. The van der Waals surface area contributed by atoms with Crippen molar-refractivity contribution in [1.29, 1.82) is 0 Å². The maximum absolute atomic E-state index is 5.40. The van der Waals surface area contributed by atoms with E-state index in [9.17, 15) is 0 Å². The van der Waals surface area contributed by atoms with E-state index in [2.05, 4.69) is 14.9 Å². The van der Waals surface area contributed by atoms with Gasteiger partial charge in [0.05, 0.1) is 26.5 Å². The number of rotatable bonds is 9. The molecule has 6 nitrogen and oxygen atoms in total. The molecular formula is C21H27N3O3. The smallest absolute Gasteiger partial charge is 0.124 e. The summed E-state index contributed by atoms with van der Waals surface area (Å²) in [5, 5.41) is 0. The average Bonchev–Trinajstić information content (AvgIpc) is 2.72. The second-order valence-corrected chi connectivity index (χ2v) is 5.85. The van der Waals surface area contributed by atoms with Gasteiger partial charge in [-0.25, -0.2) is 0 Å². The second-order valence-electron chi connectivity index (χ2n) is 5.85. The quantitative estimate of drug-likeness (QED) is 0.619. The monoisotopic (exact) mass is 369 g/mol. The van der Waals surface area contributed by atoms with Crippen LogP contribution in [0.2, 0.25) is 0 Å². The van der Waals surface area contributed by atoms with Gasteiger partial charge in [0.2, 0.25) is 0 Å². The number of benzene rings is 2. The van der Waals surface area contributed by atoms with E-state index in [1.54, 1.807) is 34.6 Å². The molecular weight excluding hydrogens is 342 g/mol. The van der Waals surface area contributed by atoms with Gasteiger partial charge in [-0.1, -0.05) is 0 Å². The third-order valence-corrected chi connectivity index (χ3v) is 4.08. The van der Waals surface area contributed by atoms with E-state index >= 15 is 0 Å². The van der Waals surface area contributed by atoms with Crippen LogP contribution in [-0.2, 0) is 4.74 Å². The van der Waals surface area contributed by atoms with Gasteiger partial charge in [0, 0.05) is 62.2 Å². The molecule has 2 aromatic rings. The molecule has 0 amide bonds. The molecule has 0 saturated carbocycles. The molecule has 0 aliphatic carbocycles. The Labute approximate surface area is 161 Å². The van der Waals surface area contributed by atoms with E-state index in [0.29, 0.717) is 13.2 Å². The first kappa shape index (κ1) is 20.5. The molecule has 2 aromatic carbocycles. The highest BCUT2D eigenvalue weighted by molar-refractivity contribution is 6.29. The third kappa shape index (κ3) is 5.82. The highest BCUT2D eigenvalue weighted by Gasteiger charge is 2.12. The Morgan fingerprint density at radius 3 is 2.11 bits per heavy atom. The van der Waals surface area contributed by atoms with Crippen molar-refractivity contribution in [2.45, 2.75) is 6.92 Å². The lowest BCUT2D eigenvalue weighted by atomic mass is 10.2. The number of hydrogen-bond acceptors (Lipinski definition) is 6. The molecule has 0 atom stereocenters. The number of methoxy groups -OCH3 is 3. The molecule has 0 radical (unpaired) electrons. The van der Waals surface area contributed by atoms with Crippen LogP contribution in [0.3, 0.4) is 0 Å². The summed E-state index contributed by atoms with van der Waals surface area (Å²) in [6.45, 7) is 3.20. The molecule has 0 aliphatic heterocycles. The second kappa shape index (κ2) is 10.3. The fourth-order valence-corrected chi connectivity index (χ4v) is 2.48. The summed E-state index contributed by atoms with van der Waals surface area (Å²) >= 11 is 0. The number of aliphatic imine (C=N–C) groups is 2. The van der Waals surface area contributed by atoms with E-state index in [1.165, 1.54) is 0 Å². The zero-order valence-corrected chi connectivity index (χ0v) is 16.6. The molecule has 0 aromatic heterocycles. The first-order valence-electron chi connectivity index (χ1n) is 8.68. The molecule has 27 heavy (non-hydrogen) atoms. The molecule has 0 saturated heterocycles. The Balaban J connectivity index is 2.35. The van der Waals surface area contributed by atoms with Crippen LogP contribution in [0.4, 0.5) is 17.1 Å².